The van der Waals surface area contributed by atoms with Gasteiger partial charge in [-0.15, -0.1) is 0 Å². The normalized spacial score (nSPS) is 15.3. The summed E-state index contributed by atoms with van der Waals surface area (Å²) in [5, 5.41) is 4.48. The molecule has 1 aromatic heterocycles. The molecule has 3 rings (SSSR count). The number of amides is 1. The maximum absolute atomic E-state index is 12.2. The van der Waals surface area contributed by atoms with Crippen LogP contribution >= 0.6 is 0 Å². The van der Waals surface area contributed by atoms with Crippen molar-refractivity contribution in [1.29, 1.82) is 0 Å². The van der Waals surface area contributed by atoms with Gasteiger partial charge in [0, 0.05) is 19.3 Å². The highest BCUT2D eigenvalue weighted by Crippen LogP contribution is 2.12. The van der Waals surface area contributed by atoms with E-state index in [1.165, 1.54) is 6.42 Å². The summed E-state index contributed by atoms with van der Waals surface area (Å²) in [6.07, 6.45) is 5.81. The zero-order valence-electron chi connectivity index (χ0n) is 11.5. The van der Waals surface area contributed by atoms with E-state index in [1.54, 1.807) is 0 Å². The van der Waals surface area contributed by atoms with Gasteiger partial charge in [-0.2, -0.15) is 5.10 Å². The first kappa shape index (κ1) is 12.9. The van der Waals surface area contributed by atoms with Crippen molar-refractivity contribution in [2.45, 2.75) is 25.7 Å². The van der Waals surface area contributed by atoms with Crippen molar-refractivity contribution in [2.75, 3.05) is 13.1 Å². The van der Waals surface area contributed by atoms with Crippen LogP contribution in [-0.2, 0) is 11.2 Å². The van der Waals surface area contributed by atoms with Gasteiger partial charge in [-0.25, -0.2) is 4.68 Å². The summed E-state index contributed by atoms with van der Waals surface area (Å²) in [5.74, 6) is 0.197. The van der Waals surface area contributed by atoms with E-state index in [9.17, 15) is 4.79 Å². The molecular weight excluding hydrogens is 250 g/mol. The quantitative estimate of drug-likeness (QED) is 0.858. The molecule has 2 heterocycles. The first-order chi connectivity index (χ1) is 9.83. The largest absolute Gasteiger partial charge is 0.342 e. The van der Waals surface area contributed by atoms with E-state index in [-0.39, 0.29) is 5.91 Å². The molecule has 0 radical (unpaired) electrons. The Morgan fingerprint density at radius 3 is 2.55 bits per heavy atom. The van der Waals surface area contributed by atoms with E-state index in [2.05, 4.69) is 5.10 Å². The standard InChI is InChI=1S/C16H19N3O/c20-16(18-10-5-2-6-11-18)13-14-9-12-19(17-14)15-7-3-1-4-8-15/h1,3-4,7-9,12H,2,5-6,10-11,13H2. The predicted octanol–water partition coefficient (Wildman–Crippen LogP) is 2.43. The van der Waals surface area contributed by atoms with Gasteiger partial charge in [-0.05, 0) is 37.5 Å². The van der Waals surface area contributed by atoms with Crippen LogP contribution in [0.4, 0.5) is 0 Å². The van der Waals surface area contributed by atoms with E-state index in [1.807, 2.05) is 52.2 Å². The second-order valence-electron chi connectivity index (χ2n) is 5.21. The third-order valence-electron chi connectivity index (χ3n) is 3.71. The number of carbonyl (C=O) groups excluding carboxylic acids is 1. The number of rotatable bonds is 3. The zero-order chi connectivity index (χ0) is 13.8. The van der Waals surface area contributed by atoms with Crippen molar-refractivity contribution in [3.05, 3.63) is 48.3 Å². The SMILES string of the molecule is O=C(Cc1ccn(-c2ccccc2)n1)N1CCCCC1. The van der Waals surface area contributed by atoms with Gasteiger partial charge in [0.2, 0.25) is 5.91 Å². The Kier molecular flexibility index (Phi) is 3.81. The molecule has 104 valence electrons. The monoisotopic (exact) mass is 269 g/mol. The minimum atomic E-state index is 0.197. The highest BCUT2D eigenvalue weighted by Gasteiger charge is 2.17. The first-order valence-electron chi connectivity index (χ1n) is 7.21. The van der Waals surface area contributed by atoms with Gasteiger partial charge in [0.15, 0.2) is 0 Å². The molecule has 0 atom stereocenters. The van der Waals surface area contributed by atoms with Crippen LogP contribution < -0.4 is 0 Å². The molecule has 0 spiro atoms. The fourth-order valence-electron chi connectivity index (χ4n) is 2.59. The highest BCUT2D eigenvalue weighted by molar-refractivity contribution is 5.78. The number of benzene rings is 1. The number of hydrogen-bond donors (Lipinski definition) is 0. The Bertz CT molecular complexity index is 570. The summed E-state index contributed by atoms with van der Waals surface area (Å²) >= 11 is 0. The third-order valence-corrected chi connectivity index (χ3v) is 3.71. The molecule has 1 amide bonds. The molecule has 4 heteroatoms. The lowest BCUT2D eigenvalue weighted by atomic mass is 10.1. The van der Waals surface area contributed by atoms with Crippen LogP contribution in [-0.4, -0.2) is 33.7 Å². The topological polar surface area (TPSA) is 38.1 Å². The van der Waals surface area contributed by atoms with Crippen LogP contribution in [0.3, 0.4) is 0 Å². The smallest absolute Gasteiger partial charge is 0.228 e. The van der Waals surface area contributed by atoms with Gasteiger partial charge < -0.3 is 4.90 Å². The Hall–Kier alpha value is -2.10. The minimum absolute atomic E-state index is 0.197. The average Bonchev–Trinajstić information content (AvgIpc) is 2.97. The Balaban J connectivity index is 1.66. The number of carbonyl (C=O) groups is 1. The van der Waals surface area contributed by atoms with E-state index in [4.69, 9.17) is 0 Å². The Labute approximate surface area is 119 Å². The molecule has 20 heavy (non-hydrogen) atoms. The van der Waals surface area contributed by atoms with E-state index in [0.717, 1.165) is 37.3 Å². The van der Waals surface area contributed by atoms with Crippen molar-refractivity contribution < 1.29 is 4.79 Å². The third kappa shape index (κ3) is 2.90. The molecule has 0 bridgehead atoms. The number of hydrogen-bond acceptors (Lipinski definition) is 2. The fourth-order valence-corrected chi connectivity index (χ4v) is 2.59. The van der Waals surface area contributed by atoms with Crippen molar-refractivity contribution in [3.63, 3.8) is 0 Å². The van der Waals surface area contributed by atoms with Gasteiger partial charge in [0.1, 0.15) is 0 Å². The molecule has 2 aromatic rings. The summed E-state index contributed by atoms with van der Waals surface area (Å²) in [4.78, 5) is 14.2. The van der Waals surface area contributed by atoms with Gasteiger partial charge in [-0.3, -0.25) is 4.79 Å². The maximum Gasteiger partial charge on any atom is 0.228 e. The average molecular weight is 269 g/mol. The Morgan fingerprint density at radius 2 is 1.80 bits per heavy atom. The molecule has 0 aliphatic carbocycles. The lowest BCUT2D eigenvalue weighted by molar-refractivity contribution is -0.131. The van der Waals surface area contributed by atoms with E-state index >= 15 is 0 Å². The molecule has 1 aliphatic rings. The van der Waals surface area contributed by atoms with Crippen LogP contribution in [0.2, 0.25) is 0 Å². The van der Waals surface area contributed by atoms with Gasteiger partial charge in [0.25, 0.3) is 0 Å². The van der Waals surface area contributed by atoms with Crippen LogP contribution in [0.1, 0.15) is 25.0 Å². The van der Waals surface area contributed by atoms with Crippen molar-refractivity contribution in [2.24, 2.45) is 0 Å². The summed E-state index contributed by atoms with van der Waals surface area (Å²) in [5.41, 5.74) is 1.86. The molecule has 0 N–H and O–H groups in total. The second kappa shape index (κ2) is 5.90. The fraction of sp³-hybridized carbons (Fsp3) is 0.375. The minimum Gasteiger partial charge on any atom is -0.342 e. The van der Waals surface area contributed by atoms with Crippen LogP contribution in [0.25, 0.3) is 5.69 Å². The number of piperidine rings is 1. The number of likely N-dealkylation sites (tertiary alicyclic amines) is 1. The van der Waals surface area contributed by atoms with Gasteiger partial charge >= 0.3 is 0 Å². The number of nitrogens with zero attached hydrogens (tertiary/aromatic N) is 3. The molecule has 0 unspecified atom stereocenters. The summed E-state index contributed by atoms with van der Waals surface area (Å²) in [6, 6.07) is 11.9. The zero-order valence-corrected chi connectivity index (χ0v) is 11.5. The Morgan fingerprint density at radius 1 is 1.05 bits per heavy atom. The molecule has 1 aliphatic heterocycles. The van der Waals surface area contributed by atoms with Crippen LogP contribution in [0.15, 0.2) is 42.6 Å². The molecule has 4 nitrogen and oxygen atoms in total. The second-order valence-corrected chi connectivity index (χ2v) is 5.21. The summed E-state index contributed by atoms with van der Waals surface area (Å²) in [7, 11) is 0. The van der Waals surface area contributed by atoms with E-state index < -0.39 is 0 Å². The summed E-state index contributed by atoms with van der Waals surface area (Å²) in [6.45, 7) is 1.80. The van der Waals surface area contributed by atoms with E-state index in [0.29, 0.717) is 6.42 Å². The molecular formula is C16H19N3O. The predicted molar refractivity (Wildman–Crippen MR) is 77.7 cm³/mol. The molecule has 1 saturated heterocycles. The summed E-state index contributed by atoms with van der Waals surface area (Å²) < 4.78 is 1.82. The number of para-hydroxylation sites is 1. The van der Waals surface area contributed by atoms with Crippen molar-refractivity contribution in [1.82, 2.24) is 14.7 Å². The molecule has 1 aromatic carbocycles. The number of aromatic nitrogens is 2. The lowest BCUT2D eigenvalue weighted by Gasteiger charge is -2.26. The first-order valence-corrected chi connectivity index (χ1v) is 7.21. The van der Waals surface area contributed by atoms with Crippen molar-refractivity contribution >= 4 is 5.91 Å². The highest BCUT2D eigenvalue weighted by atomic mass is 16.2. The molecule has 1 fully saturated rings. The van der Waals surface area contributed by atoms with Crippen LogP contribution in [0.5, 0.6) is 0 Å². The van der Waals surface area contributed by atoms with Crippen molar-refractivity contribution in [3.8, 4) is 5.69 Å². The van der Waals surface area contributed by atoms with Gasteiger partial charge in [0.05, 0.1) is 17.8 Å². The lowest BCUT2D eigenvalue weighted by Crippen LogP contribution is -2.36. The van der Waals surface area contributed by atoms with Crippen LogP contribution in [0, 0.1) is 0 Å². The van der Waals surface area contributed by atoms with Gasteiger partial charge in [-0.1, -0.05) is 18.2 Å². The maximum atomic E-state index is 12.2. The molecule has 0 saturated carbocycles.